The van der Waals surface area contributed by atoms with Gasteiger partial charge in [0.05, 0.1) is 4.90 Å². The molecular weight excluding hydrogens is 408 g/mol. The highest BCUT2D eigenvalue weighted by Gasteiger charge is 2.34. The van der Waals surface area contributed by atoms with E-state index in [1.807, 2.05) is 58.9 Å². The van der Waals surface area contributed by atoms with Crippen molar-refractivity contribution in [2.75, 3.05) is 18.4 Å². The molecule has 0 aromatic heterocycles. The van der Waals surface area contributed by atoms with Crippen molar-refractivity contribution in [1.82, 2.24) is 4.31 Å². The molecule has 1 fully saturated rings. The van der Waals surface area contributed by atoms with E-state index in [-0.39, 0.29) is 11.8 Å². The molecule has 0 spiro atoms. The standard InChI is InChI=1S/C25H34N2O3S/c1-7-21-10-8-9-16(2)23(21)26-25(28)22-11-13-27(14-12-22)31(29,30)24-19(5)17(3)15-18(4)20(24)6/h8-10,15,22H,7,11-14H2,1-6H3,(H,26,28). The number of hydrogen-bond acceptors (Lipinski definition) is 3. The molecule has 3 rings (SSSR count). The van der Waals surface area contributed by atoms with Gasteiger partial charge in [-0.05, 0) is 87.3 Å². The molecule has 1 amide bonds. The second kappa shape index (κ2) is 9.13. The molecule has 0 unspecified atom stereocenters. The van der Waals surface area contributed by atoms with Crippen molar-refractivity contribution in [3.8, 4) is 0 Å². The lowest BCUT2D eigenvalue weighted by Crippen LogP contribution is -2.42. The first-order valence-corrected chi connectivity index (χ1v) is 12.5. The predicted octanol–water partition coefficient (Wildman–Crippen LogP) is 4.83. The summed E-state index contributed by atoms with van der Waals surface area (Å²) in [5, 5.41) is 3.11. The van der Waals surface area contributed by atoms with Gasteiger partial charge < -0.3 is 5.32 Å². The van der Waals surface area contributed by atoms with E-state index >= 15 is 0 Å². The number of hydrogen-bond donors (Lipinski definition) is 1. The van der Waals surface area contributed by atoms with Crippen LogP contribution < -0.4 is 5.32 Å². The Bertz CT molecular complexity index is 1070. The van der Waals surface area contributed by atoms with Gasteiger partial charge in [0.25, 0.3) is 0 Å². The van der Waals surface area contributed by atoms with Gasteiger partial charge in [-0.15, -0.1) is 0 Å². The topological polar surface area (TPSA) is 66.5 Å². The number of benzene rings is 2. The third-order valence-electron chi connectivity index (χ3n) is 6.71. The van der Waals surface area contributed by atoms with Crippen LogP contribution in [0.5, 0.6) is 0 Å². The molecule has 0 saturated carbocycles. The molecular formula is C25H34N2O3S. The fraction of sp³-hybridized carbons (Fsp3) is 0.480. The number of nitrogens with one attached hydrogen (secondary N) is 1. The highest BCUT2D eigenvalue weighted by atomic mass is 32.2. The molecule has 0 atom stereocenters. The molecule has 5 nitrogen and oxygen atoms in total. The Morgan fingerprint density at radius 1 is 1.00 bits per heavy atom. The summed E-state index contributed by atoms with van der Waals surface area (Å²) in [6, 6.07) is 8.07. The van der Waals surface area contributed by atoms with Gasteiger partial charge in [-0.2, -0.15) is 4.31 Å². The normalized spacial score (nSPS) is 15.8. The Hall–Kier alpha value is -2.18. The highest BCUT2D eigenvalue weighted by Crippen LogP contribution is 2.32. The average Bonchev–Trinajstić information content (AvgIpc) is 2.73. The third kappa shape index (κ3) is 4.55. The zero-order valence-corrected chi connectivity index (χ0v) is 20.3. The van der Waals surface area contributed by atoms with Crippen LogP contribution in [0.25, 0.3) is 0 Å². The van der Waals surface area contributed by atoms with Crippen LogP contribution in [0.1, 0.15) is 53.1 Å². The van der Waals surface area contributed by atoms with Gasteiger partial charge in [-0.3, -0.25) is 4.79 Å². The first-order valence-electron chi connectivity index (χ1n) is 11.0. The average molecular weight is 443 g/mol. The number of aryl methyl sites for hydroxylation is 4. The zero-order valence-electron chi connectivity index (χ0n) is 19.5. The molecule has 0 radical (unpaired) electrons. The van der Waals surface area contributed by atoms with Gasteiger partial charge in [0.15, 0.2) is 0 Å². The van der Waals surface area contributed by atoms with Gasteiger partial charge in [-0.1, -0.05) is 31.2 Å². The molecule has 2 aromatic carbocycles. The summed E-state index contributed by atoms with van der Waals surface area (Å²) in [7, 11) is -3.59. The molecule has 1 heterocycles. The monoisotopic (exact) mass is 442 g/mol. The fourth-order valence-corrected chi connectivity index (χ4v) is 6.53. The van der Waals surface area contributed by atoms with Crippen molar-refractivity contribution in [2.45, 2.75) is 65.7 Å². The maximum absolute atomic E-state index is 13.5. The number of sulfonamides is 1. The first kappa shape index (κ1) is 23.5. The van der Waals surface area contributed by atoms with Crippen LogP contribution in [-0.2, 0) is 21.2 Å². The van der Waals surface area contributed by atoms with Gasteiger partial charge in [0, 0.05) is 24.7 Å². The van der Waals surface area contributed by atoms with E-state index in [1.54, 1.807) is 4.31 Å². The number of anilines is 1. The number of carbonyl (C=O) groups excluding carboxylic acids is 1. The number of amides is 1. The zero-order chi connectivity index (χ0) is 22.9. The maximum atomic E-state index is 13.5. The number of nitrogens with zero attached hydrogens (tertiary/aromatic N) is 1. The lowest BCUT2D eigenvalue weighted by atomic mass is 9.96. The second-order valence-electron chi connectivity index (χ2n) is 8.72. The maximum Gasteiger partial charge on any atom is 0.243 e. The Morgan fingerprint density at radius 3 is 2.13 bits per heavy atom. The highest BCUT2D eigenvalue weighted by molar-refractivity contribution is 7.89. The fourth-order valence-electron chi connectivity index (χ4n) is 4.48. The van der Waals surface area contributed by atoms with E-state index in [4.69, 9.17) is 0 Å². The molecule has 168 valence electrons. The number of carbonyl (C=O) groups is 1. The van der Waals surface area contributed by atoms with Crippen molar-refractivity contribution in [3.63, 3.8) is 0 Å². The second-order valence-corrected chi connectivity index (χ2v) is 10.6. The van der Waals surface area contributed by atoms with Crippen molar-refractivity contribution in [3.05, 3.63) is 57.6 Å². The third-order valence-corrected chi connectivity index (χ3v) is 8.88. The summed E-state index contributed by atoms with van der Waals surface area (Å²) >= 11 is 0. The SMILES string of the molecule is CCc1cccc(C)c1NC(=O)C1CCN(S(=O)(=O)c2c(C)c(C)cc(C)c2C)CC1. The van der Waals surface area contributed by atoms with Crippen molar-refractivity contribution >= 4 is 21.6 Å². The quantitative estimate of drug-likeness (QED) is 0.721. The molecule has 6 heteroatoms. The Morgan fingerprint density at radius 2 is 1.58 bits per heavy atom. The molecule has 1 N–H and O–H groups in total. The molecule has 1 aliphatic rings. The Kier molecular flexibility index (Phi) is 6.92. The van der Waals surface area contributed by atoms with E-state index in [0.29, 0.717) is 30.8 Å². The number of piperidine rings is 1. The van der Waals surface area contributed by atoms with E-state index in [1.165, 1.54) is 0 Å². The summed E-state index contributed by atoms with van der Waals surface area (Å²) in [6.07, 6.45) is 1.91. The lowest BCUT2D eigenvalue weighted by Gasteiger charge is -2.32. The van der Waals surface area contributed by atoms with Crippen LogP contribution in [0.4, 0.5) is 5.69 Å². The minimum atomic E-state index is -3.59. The Balaban J connectivity index is 1.75. The summed E-state index contributed by atoms with van der Waals surface area (Å²) in [5.74, 6) is -0.197. The molecule has 0 bridgehead atoms. The largest absolute Gasteiger partial charge is 0.325 e. The molecule has 31 heavy (non-hydrogen) atoms. The van der Waals surface area contributed by atoms with Gasteiger partial charge >= 0.3 is 0 Å². The van der Waals surface area contributed by atoms with Gasteiger partial charge in [-0.25, -0.2) is 8.42 Å². The van der Waals surface area contributed by atoms with Crippen LogP contribution in [0.2, 0.25) is 0 Å². The summed E-state index contributed by atoms with van der Waals surface area (Å²) in [6.45, 7) is 12.5. The summed E-state index contributed by atoms with van der Waals surface area (Å²) in [5.41, 5.74) is 6.67. The van der Waals surface area contributed by atoms with Crippen molar-refractivity contribution in [1.29, 1.82) is 0 Å². The van der Waals surface area contributed by atoms with E-state index in [0.717, 1.165) is 45.5 Å². The molecule has 1 aliphatic heterocycles. The predicted molar refractivity (Wildman–Crippen MR) is 126 cm³/mol. The minimum Gasteiger partial charge on any atom is -0.325 e. The van der Waals surface area contributed by atoms with Crippen LogP contribution >= 0.6 is 0 Å². The van der Waals surface area contributed by atoms with Crippen molar-refractivity contribution in [2.24, 2.45) is 5.92 Å². The minimum absolute atomic E-state index is 0.0141. The summed E-state index contributed by atoms with van der Waals surface area (Å²) in [4.78, 5) is 13.4. The molecule has 2 aromatic rings. The number of para-hydroxylation sites is 1. The molecule has 0 aliphatic carbocycles. The van der Waals surface area contributed by atoms with E-state index in [2.05, 4.69) is 12.2 Å². The van der Waals surface area contributed by atoms with Crippen LogP contribution in [0.3, 0.4) is 0 Å². The lowest BCUT2D eigenvalue weighted by molar-refractivity contribution is -0.120. The smallest absolute Gasteiger partial charge is 0.243 e. The van der Waals surface area contributed by atoms with E-state index < -0.39 is 10.0 Å². The van der Waals surface area contributed by atoms with Crippen LogP contribution in [0, 0.1) is 40.5 Å². The first-order chi connectivity index (χ1) is 14.6. The van der Waals surface area contributed by atoms with Crippen molar-refractivity contribution < 1.29 is 13.2 Å². The number of rotatable bonds is 5. The van der Waals surface area contributed by atoms with Gasteiger partial charge in [0.2, 0.25) is 15.9 Å². The van der Waals surface area contributed by atoms with Crippen LogP contribution in [0.15, 0.2) is 29.2 Å². The van der Waals surface area contributed by atoms with E-state index in [9.17, 15) is 13.2 Å². The van der Waals surface area contributed by atoms with Crippen LogP contribution in [-0.4, -0.2) is 31.7 Å². The molecule has 1 saturated heterocycles. The Labute approximate surface area is 186 Å². The summed E-state index contributed by atoms with van der Waals surface area (Å²) < 4.78 is 28.5. The van der Waals surface area contributed by atoms with Gasteiger partial charge in [0.1, 0.15) is 0 Å².